The summed E-state index contributed by atoms with van der Waals surface area (Å²) in [4.78, 5) is 36.0. The minimum Gasteiger partial charge on any atom is -0.481 e. The molecule has 0 aromatic carbocycles. The molecule has 34 heavy (non-hydrogen) atoms. The van der Waals surface area contributed by atoms with Crippen LogP contribution < -0.4 is 16.8 Å². The van der Waals surface area contributed by atoms with Crippen LogP contribution in [0.25, 0.3) is 0 Å². The first kappa shape index (κ1) is 42.0. The van der Waals surface area contributed by atoms with Crippen LogP contribution in [0.15, 0.2) is 0 Å². The van der Waals surface area contributed by atoms with E-state index in [1.807, 2.05) is 11.5 Å². The van der Waals surface area contributed by atoms with Gasteiger partial charge < -0.3 is 50.5 Å². The Balaban J connectivity index is -0.000000141. The Morgan fingerprint density at radius 2 is 1.12 bits per heavy atom. The van der Waals surface area contributed by atoms with Crippen LogP contribution in [0.1, 0.15) is 41.0 Å². The molecule has 0 fully saturated rings. The van der Waals surface area contributed by atoms with Gasteiger partial charge in [-0.25, -0.2) is 4.57 Å². The molecular formula is C18H44N4O11Si. The molecule has 0 amide bonds. The maximum atomic E-state index is 9.00. The molecule has 0 aromatic rings. The zero-order chi connectivity index (χ0) is 28.3. The third kappa shape index (κ3) is 40.2. The molecule has 1 atom stereocenters. The molecule has 0 radical (unpaired) electrons. The Labute approximate surface area is 202 Å². The van der Waals surface area contributed by atoms with Crippen molar-refractivity contribution in [1.29, 1.82) is 0 Å². The molecule has 0 spiro atoms. The predicted molar refractivity (Wildman–Crippen MR) is 127 cm³/mol. The first-order valence-corrected chi connectivity index (χ1v) is 11.6. The molecule has 0 aliphatic heterocycles. The average Bonchev–Trinajstić information content (AvgIpc) is 2.69. The largest absolute Gasteiger partial charge is 0.600 e. The van der Waals surface area contributed by atoms with E-state index in [9.17, 15) is 0 Å². The van der Waals surface area contributed by atoms with E-state index in [1.54, 1.807) is 21.3 Å². The van der Waals surface area contributed by atoms with E-state index in [4.69, 9.17) is 64.3 Å². The van der Waals surface area contributed by atoms with Gasteiger partial charge in [0.1, 0.15) is 0 Å². The van der Waals surface area contributed by atoms with Crippen molar-refractivity contribution in [3.8, 4) is 0 Å². The fourth-order valence-corrected chi connectivity index (χ4v) is 3.93. The highest BCUT2D eigenvalue weighted by Crippen LogP contribution is 2.15. The zero-order valence-electron chi connectivity index (χ0n) is 21.4. The van der Waals surface area contributed by atoms with Gasteiger partial charge in [-0.15, -0.1) is 0 Å². The van der Waals surface area contributed by atoms with Gasteiger partial charge in [0.05, 0.1) is 6.17 Å². The summed E-state index contributed by atoms with van der Waals surface area (Å²) in [6, 6.07) is 0. The molecule has 206 valence electrons. The van der Waals surface area contributed by atoms with Gasteiger partial charge in [-0.05, 0) is 6.42 Å². The lowest BCUT2D eigenvalue weighted by atomic mass is 10.4. The molecule has 0 saturated carbocycles. The third-order valence-corrected chi connectivity index (χ3v) is 5.60. The standard InChI is InChI=1S/C10H28N4O3Si.4C2H4O2/c1-5-10(12)14(9-8-13-7-6-11)18(15-2,16-3)17-4;4*1-2(3)4/h10,13H,5-9,11-12H2,1-4H3;4*1H3,(H,3,4). The van der Waals surface area contributed by atoms with Gasteiger partial charge in [0, 0.05) is 75.2 Å². The number of hydrogen-bond donors (Lipinski definition) is 7. The van der Waals surface area contributed by atoms with Gasteiger partial charge >= 0.3 is 8.97 Å². The number of carboxylic acid groups (broad SMARTS) is 4. The van der Waals surface area contributed by atoms with Crippen molar-refractivity contribution in [2.75, 3.05) is 47.5 Å². The molecular weight excluding hydrogens is 476 g/mol. The SMILES string of the molecule is CC(=O)O.CC(=O)O.CC(=O)O.CC(=O)O.CCC(N)N(CCNCCN)[Si](OC)(OC)OC. The van der Waals surface area contributed by atoms with Crippen LogP contribution in [0, 0.1) is 0 Å². The van der Waals surface area contributed by atoms with E-state index in [-0.39, 0.29) is 6.17 Å². The molecule has 0 bridgehead atoms. The molecule has 0 aliphatic rings. The second-order valence-corrected chi connectivity index (χ2v) is 8.77. The average molecular weight is 521 g/mol. The van der Waals surface area contributed by atoms with Gasteiger partial charge in [0.25, 0.3) is 23.9 Å². The number of nitrogens with one attached hydrogen (secondary N) is 1. The summed E-state index contributed by atoms with van der Waals surface area (Å²) in [7, 11) is 1.90. The second kappa shape index (κ2) is 28.8. The molecule has 16 heteroatoms. The topological polar surface area (TPSA) is 244 Å². The van der Waals surface area contributed by atoms with Crippen molar-refractivity contribution in [3.05, 3.63) is 0 Å². The monoisotopic (exact) mass is 520 g/mol. The van der Waals surface area contributed by atoms with Crippen LogP contribution in [0.4, 0.5) is 0 Å². The molecule has 0 aliphatic carbocycles. The third-order valence-electron chi connectivity index (χ3n) is 2.79. The summed E-state index contributed by atoms with van der Waals surface area (Å²) < 4.78 is 18.4. The maximum Gasteiger partial charge on any atom is 0.600 e. The Morgan fingerprint density at radius 1 is 0.824 bits per heavy atom. The zero-order valence-corrected chi connectivity index (χ0v) is 22.4. The van der Waals surface area contributed by atoms with Crippen molar-refractivity contribution >= 4 is 32.8 Å². The highest BCUT2D eigenvalue weighted by atomic mass is 28.4. The van der Waals surface area contributed by atoms with E-state index < -0.39 is 32.8 Å². The summed E-state index contributed by atoms with van der Waals surface area (Å²) >= 11 is 0. The lowest BCUT2D eigenvalue weighted by molar-refractivity contribution is -0.135. The summed E-state index contributed by atoms with van der Waals surface area (Å²) in [5.74, 6) is -3.33. The molecule has 15 nitrogen and oxygen atoms in total. The normalized spacial score (nSPS) is 10.4. The number of aliphatic carboxylic acids is 4. The smallest absolute Gasteiger partial charge is 0.481 e. The lowest BCUT2D eigenvalue weighted by Gasteiger charge is -2.38. The summed E-state index contributed by atoms with van der Waals surface area (Å²) in [6.07, 6.45) is 0.637. The fourth-order valence-electron chi connectivity index (χ4n) is 1.75. The minimum absolute atomic E-state index is 0.156. The predicted octanol–water partition coefficient (Wildman–Crippen LogP) is -0.730. The fraction of sp³-hybridized carbons (Fsp3) is 0.778. The number of carbonyl (C=O) groups is 4. The molecule has 0 aromatic heterocycles. The van der Waals surface area contributed by atoms with E-state index in [0.717, 1.165) is 47.2 Å². The van der Waals surface area contributed by atoms with Gasteiger partial charge in [-0.1, -0.05) is 6.92 Å². The lowest BCUT2D eigenvalue weighted by Crippen LogP contribution is -2.66. The second-order valence-electron chi connectivity index (χ2n) is 5.92. The van der Waals surface area contributed by atoms with Gasteiger partial charge in [-0.3, -0.25) is 19.2 Å². The summed E-state index contributed by atoms with van der Waals surface area (Å²) in [6.45, 7) is 9.19. The van der Waals surface area contributed by atoms with Crippen molar-refractivity contribution in [2.24, 2.45) is 11.5 Å². The van der Waals surface area contributed by atoms with Crippen LogP contribution >= 0.6 is 0 Å². The first-order chi connectivity index (χ1) is 15.5. The van der Waals surface area contributed by atoms with Crippen LogP contribution in [-0.2, 0) is 32.5 Å². The van der Waals surface area contributed by atoms with Gasteiger partial charge in [0.2, 0.25) is 0 Å². The van der Waals surface area contributed by atoms with E-state index in [1.165, 1.54) is 0 Å². The van der Waals surface area contributed by atoms with Gasteiger partial charge in [0.15, 0.2) is 0 Å². The molecule has 9 N–H and O–H groups in total. The summed E-state index contributed by atoms with van der Waals surface area (Å²) in [5.41, 5.74) is 11.5. The number of nitrogens with two attached hydrogens (primary N) is 2. The van der Waals surface area contributed by atoms with E-state index >= 15 is 0 Å². The van der Waals surface area contributed by atoms with Crippen molar-refractivity contribution in [3.63, 3.8) is 0 Å². The number of rotatable bonds is 11. The quantitative estimate of drug-likeness (QED) is 0.101. The molecule has 0 saturated heterocycles. The van der Waals surface area contributed by atoms with Crippen LogP contribution in [0.5, 0.6) is 0 Å². The van der Waals surface area contributed by atoms with Crippen LogP contribution in [-0.4, -0.2) is 112 Å². The van der Waals surface area contributed by atoms with Crippen molar-refractivity contribution in [2.45, 2.75) is 47.2 Å². The van der Waals surface area contributed by atoms with Crippen molar-refractivity contribution in [1.82, 2.24) is 9.88 Å². The maximum absolute atomic E-state index is 9.00. The summed E-state index contributed by atoms with van der Waals surface area (Å²) in [5, 5.41) is 32.9. The first-order valence-electron chi connectivity index (χ1n) is 9.91. The molecule has 1 unspecified atom stereocenters. The van der Waals surface area contributed by atoms with Crippen LogP contribution in [0.3, 0.4) is 0 Å². The Morgan fingerprint density at radius 3 is 1.32 bits per heavy atom. The number of nitrogens with zero attached hydrogens (tertiary/aromatic N) is 1. The minimum atomic E-state index is -2.85. The number of carboxylic acids is 4. The Bertz CT molecular complexity index is 452. The molecule has 0 rings (SSSR count). The van der Waals surface area contributed by atoms with Gasteiger partial charge in [-0.2, -0.15) is 0 Å². The highest BCUT2D eigenvalue weighted by molar-refractivity contribution is 6.57. The van der Waals surface area contributed by atoms with E-state index in [0.29, 0.717) is 13.1 Å². The van der Waals surface area contributed by atoms with Crippen LogP contribution in [0.2, 0.25) is 0 Å². The molecule has 0 heterocycles. The van der Waals surface area contributed by atoms with E-state index in [2.05, 4.69) is 5.32 Å². The highest BCUT2D eigenvalue weighted by Gasteiger charge is 2.48. The Hall–Kier alpha value is -2.18. The van der Waals surface area contributed by atoms with Crippen molar-refractivity contribution < 1.29 is 52.9 Å². The Kier molecular flexibility index (Phi) is 35.7. The number of hydrogen-bond acceptors (Lipinski definition) is 11.